The fraction of sp³-hybridized carbons (Fsp3) is 0.455. The van der Waals surface area contributed by atoms with E-state index in [0.29, 0.717) is 21.6 Å². The van der Waals surface area contributed by atoms with Gasteiger partial charge in [-0.15, -0.1) is 32.9 Å². The van der Waals surface area contributed by atoms with Crippen LogP contribution in [0.15, 0.2) is 16.6 Å². The Bertz CT molecular complexity index is 1160. The number of nitrogens with one attached hydrogen (secondary N) is 1. The number of amides is 2. The Morgan fingerprint density at radius 3 is 2.81 bits per heavy atom. The van der Waals surface area contributed by atoms with Crippen molar-refractivity contribution in [3.63, 3.8) is 0 Å². The highest BCUT2D eigenvalue weighted by Gasteiger charge is 2.27. The normalized spacial score (nSPS) is 15.7. The summed E-state index contributed by atoms with van der Waals surface area (Å²) in [5, 5.41) is 15.0. The number of anilines is 1. The summed E-state index contributed by atoms with van der Waals surface area (Å²) < 4.78 is 2.06. The smallest absolute Gasteiger partial charge is 0.251 e. The van der Waals surface area contributed by atoms with Crippen LogP contribution < -0.4 is 11.1 Å². The predicted octanol–water partition coefficient (Wildman–Crippen LogP) is 4.91. The van der Waals surface area contributed by atoms with Crippen LogP contribution in [0.2, 0.25) is 0 Å². The van der Waals surface area contributed by atoms with Crippen LogP contribution in [0.1, 0.15) is 58.9 Å². The summed E-state index contributed by atoms with van der Waals surface area (Å²) in [4.78, 5) is 27.2. The second-order valence-corrected chi connectivity index (χ2v) is 11.6. The molecule has 1 aliphatic rings. The fourth-order valence-corrected chi connectivity index (χ4v) is 6.97. The van der Waals surface area contributed by atoms with Crippen molar-refractivity contribution >= 4 is 51.3 Å². The zero-order valence-corrected chi connectivity index (χ0v) is 21.0. The topological polar surface area (TPSA) is 103 Å². The van der Waals surface area contributed by atoms with E-state index in [0.717, 1.165) is 41.1 Å². The van der Waals surface area contributed by atoms with E-state index < -0.39 is 5.91 Å². The van der Waals surface area contributed by atoms with Crippen LogP contribution in [0.4, 0.5) is 5.00 Å². The predicted molar refractivity (Wildman–Crippen MR) is 132 cm³/mol. The number of thiophene rings is 2. The summed E-state index contributed by atoms with van der Waals surface area (Å²) in [6.07, 6.45) is 2.79. The molecule has 0 spiro atoms. The van der Waals surface area contributed by atoms with Crippen molar-refractivity contribution in [1.82, 2.24) is 14.8 Å². The molecule has 0 aromatic carbocycles. The standard InChI is InChI=1S/C22H27N5O2S3/c1-11(2)27-20(14-8-13(4)30-9-14)25-26-22(27)31-10-17(28)24-21-18(19(23)29)15-6-5-12(3)7-16(15)32-21/h8-9,11-12H,5-7,10H2,1-4H3,(H2,23,29)(H,24,28). The molecule has 32 heavy (non-hydrogen) atoms. The SMILES string of the molecule is Cc1cc(-c2nnc(SCC(=O)Nc3sc4c(c3C(N)=O)CCC(C)C4)n2C(C)C)cs1. The minimum atomic E-state index is -0.477. The highest BCUT2D eigenvalue weighted by Crippen LogP contribution is 2.39. The fourth-order valence-electron chi connectivity index (χ4n) is 3.99. The molecule has 2 amide bonds. The van der Waals surface area contributed by atoms with E-state index in [9.17, 15) is 9.59 Å². The summed E-state index contributed by atoms with van der Waals surface area (Å²) in [5.74, 6) is 0.892. The number of fused-ring (bicyclic) bond motifs is 1. The van der Waals surface area contributed by atoms with E-state index in [2.05, 4.69) is 59.2 Å². The number of hydrogen-bond donors (Lipinski definition) is 2. The van der Waals surface area contributed by atoms with Gasteiger partial charge in [-0.3, -0.25) is 14.2 Å². The number of primary amides is 1. The van der Waals surface area contributed by atoms with Crippen molar-refractivity contribution < 1.29 is 9.59 Å². The molecule has 0 fully saturated rings. The average molecular weight is 490 g/mol. The first-order valence-corrected chi connectivity index (χ1v) is 13.3. The summed E-state index contributed by atoms with van der Waals surface area (Å²) in [6, 6.07) is 2.25. The Morgan fingerprint density at radius 1 is 1.38 bits per heavy atom. The lowest BCUT2D eigenvalue weighted by Crippen LogP contribution is -2.20. The summed E-state index contributed by atoms with van der Waals surface area (Å²) in [6.45, 7) is 8.42. The molecule has 170 valence electrons. The molecule has 0 aliphatic heterocycles. The van der Waals surface area contributed by atoms with Gasteiger partial charge in [0.05, 0.1) is 11.3 Å². The second kappa shape index (κ2) is 9.36. The molecule has 10 heteroatoms. The Morgan fingerprint density at radius 2 is 2.16 bits per heavy atom. The van der Waals surface area contributed by atoms with Gasteiger partial charge in [-0.05, 0) is 57.6 Å². The minimum absolute atomic E-state index is 0.151. The first-order chi connectivity index (χ1) is 15.2. The zero-order valence-electron chi connectivity index (χ0n) is 18.6. The van der Waals surface area contributed by atoms with Crippen LogP contribution in [-0.2, 0) is 17.6 Å². The third kappa shape index (κ3) is 4.62. The van der Waals surface area contributed by atoms with Crippen molar-refractivity contribution in [2.75, 3.05) is 11.1 Å². The quantitative estimate of drug-likeness (QED) is 0.459. The van der Waals surface area contributed by atoms with Gasteiger partial charge >= 0.3 is 0 Å². The maximum absolute atomic E-state index is 12.8. The molecule has 0 saturated heterocycles. The van der Waals surface area contributed by atoms with E-state index in [1.807, 2.05) is 0 Å². The number of rotatable bonds is 7. The number of carbonyl (C=O) groups excluding carboxylic acids is 2. The van der Waals surface area contributed by atoms with Gasteiger partial charge in [0, 0.05) is 26.7 Å². The second-order valence-electron chi connectivity index (χ2n) is 8.47. The third-order valence-corrected chi connectivity index (χ3v) is 8.49. The third-order valence-electron chi connectivity index (χ3n) is 5.51. The number of aryl methyl sites for hydroxylation is 1. The Balaban J connectivity index is 1.50. The molecule has 0 radical (unpaired) electrons. The van der Waals surface area contributed by atoms with Crippen molar-refractivity contribution in [2.45, 2.75) is 58.2 Å². The van der Waals surface area contributed by atoms with Crippen LogP contribution in [-0.4, -0.2) is 32.3 Å². The molecule has 3 aromatic heterocycles. The molecule has 4 rings (SSSR count). The molecule has 3 N–H and O–H groups in total. The van der Waals surface area contributed by atoms with Crippen LogP contribution in [0, 0.1) is 12.8 Å². The Labute approximate surface area is 199 Å². The largest absolute Gasteiger partial charge is 0.365 e. The average Bonchev–Trinajstić information content (AvgIpc) is 3.41. The lowest BCUT2D eigenvalue weighted by molar-refractivity contribution is -0.113. The lowest BCUT2D eigenvalue weighted by Gasteiger charge is -2.18. The molecule has 3 heterocycles. The molecule has 0 bridgehead atoms. The van der Waals surface area contributed by atoms with E-state index >= 15 is 0 Å². The van der Waals surface area contributed by atoms with Crippen LogP contribution in [0.25, 0.3) is 11.4 Å². The van der Waals surface area contributed by atoms with E-state index in [1.165, 1.54) is 28.0 Å². The molecule has 0 saturated carbocycles. The van der Waals surface area contributed by atoms with Gasteiger partial charge in [-0.25, -0.2) is 0 Å². The maximum Gasteiger partial charge on any atom is 0.251 e. The molecular weight excluding hydrogens is 462 g/mol. The van der Waals surface area contributed by atoms with Crippen molar-refractivity contribution in [3.8, 4) is 11.4 Å². The van der Waals surface area contributed by atoms with Crippen LogP contribution in [0.5, 0.6) is 0 Å². The highest BCUT2D eigenvalue weighted by atomic mass is 32.2. The first kappa shape index (κ1) is 23.0. The summed E-state index contributed by atoms with van der Waals surface area (Å²) >= 11 is 4.50. The Hall–Kier alpha value is -2.17. The number of carbonyl (C=O) groups is 2. The van der Waals surface area contributed by atoms with E-state index in [4.69, 9.17) is 5.73 Å². The molecule has 3 aromatic rings. The van der Waals surface area contributed by atoms with E-state index in [-0.39, 0.29) is 17.7 Å². The summed E-state index contributed by atoms with van der Waals surface area (Å²) in [7, 11) is 0. The molecule has 1 unspecified atom stereocenters. The van der Waals surface area contributed by atoms with Gasteiger partial charge in [0.25, 0.3) is 5.91 Å². The maximum atomic E-state index is 12.8. The highest BCUT2D eigenvalue weighted by molar-refractivity contribution is 7.99. The van der Waals surface area contributed by atoms with Crippen molar-refractivity contribution in [3.05, 3.63) is 32.3 Å². The number of nitrogens with two attached hydrogens (primary N) is 1. The number of nitrogens with zero attached hydrogens (tertiary/aromatic N) is 3. The molecule has 1 aliphatic carbocycles. The van der Waals surface area contributed by atoms with E-state index in [1.54, 1.807) is 11.3 Å². The summed E-state index contributed by atoms with van der Waals surface area (Å²) in [5.41, 5.74) is 8.19. The van der Waals surface area contributed by atoms with Gasteiger partial charge in [0.1, 0.15) is 5.00 Å². The van der Waals surface area contributed by atoms with Gasteiger partial charge in [0.15, 0.2) is 11.0 Å². The van der Waals surface area contributed by atoms with Gasteiger partial charge in [-0.1, -0.05) is 18.7 Å². The lowest BCUT2D eigenvalue weighted by atomic mass is 9.88. The minimum Gasteiger partial charge on any atom is -0.365 e. The zero-order chi connectivity index (χ0) is 23.0. The molecular formula is C22H27N5O2S3. The number of hydrogen-bond acceptors (Lipinski definition) is 7. The van der Waals surface area contributed by atoms with Gasteiger partial charge in [0.2, 0.25) is 5.91 Å². The first-order valence-electron chi connectivity index (χ1n) is 10.6. The number of thioether (sulfide) groups is 1. The monoisotopic (exact) mass is 489 g/mol. The molecule has 7 nitrogen and oxygen atoms in total. The van der Waals surface area contributed by atoms with Crippen LogP contribution >= 0.6 is 34.4 Å². The van der Waals surface area contributed by atoms with Gasteiger partial charge < -0.3 is 11.1 Å². The van der Waals surface area contributed by atoms with Crippen LogP contribution in [0.3, 0.4) is 0 Å². The van der Waals surface area contributed by atoms with Crippen molar-refractivity contribution in [1.29, 1.82) is 0 Å². The molecule has 1 atom stereocenters. The Kier molecular flexibility index (Phi) is 6.73. The van der Waals surface area contributed by atoms with Crippen molar-refractivity contribution in [2.24, 2.45) is 11.7 Å². The number of aromatic nitrogens is 3. The van der Waals surface area contributed by atoms with Gasteiger partial charge in [-0.2, -0.15) is 0 Å².